The van der Waals surface area contributed by atoms with Gasteiger partial charge < -0.3 is 10.2 Å². The van der Waals surface area contributed by atoms with Crippen LogP contribution in [-0.2, 0) is 19.4 Å². The number of rotatable bonds is 9. The SMILES string of the molecule is CCc1c(C(=O)NCCCc2ccc(N(C)C)cc2)cnn1Cc1ccccc1. The molecule has 3 aromatic rings. The van der Waals surface area contributed by atoms with Crippen molar-refractivity contribution in [1.82, 2.24) is 15.1 Å². The summed E-state index contributed by atoms with van der Waals surface area (Å²) in [5.41, 5.74) is 5.32. The molecule has 1 aromatic heterocycles. The second-order valence-electron chi connectivity index (χ2n) is 7.42. The zero-order valence-electron chi connectivity index (χ0n) is 17.6. The molecule has 1 heterocycles. The van der Waals surface area contributed by atoms with Crippen LogP contribution in [0.1, 0.15) is 40.5 Å². The fraction of sp³-hybridized carbons (Fsp3) is 0.333. The van der Waals surface area contributed by atoms with Crippen molar-refractivity contribution < 1.29 is 4.79 Å². The molecule has 3 rings (SSSR count). The highest BCUT2D eigenvalue weighted by atomic mass is 16.1. The van der Waals surface area contributed by atoms with Crippen LogP contribution in [0.3, 0.4) is 0 Å². The Balaban J connectivity index is 1.52. The number of hydrogen-bond acceptors (Lipinski definition) is 3. The molecular formula is C24H30N4O. The zero-order chi connectivity index (χ0) is 20.6. The number of amides is 1. The maximum absolute atomic E-state index is 12.7. The van der Waals surface area contributed by atoms with Crippen LogP contribution in [0.2, 0.25) is 0 Å². The van der Waals surface area contributed by atoms with E-state index in [1.807, 2.05) is 37.0 Å². The molecule has 152 valence electrons. The Morgan fingerprint density at radius 2 is 1.76 bits per heavy atom. The average Bonchev–Trinajstić information content (AvgIpc) is 3.14. The van der Waals surface area contributed by atoms with Crippen LogP contribution in [0.15, 0.2) is 60.8 Å². The maximum Gasteiger partial charge on any atom is 0.254 e. The van der Waals surface area contributed by atoms with Crippen LogP contribution in [0, 0.1) is 0 Å². The minimum absolute atomic E-state index is 0.0379. The van der Waals surface area contributed by atoms with Gasteiger partial charge in [0.25, 0.3) is 5.91 Å². The summed E-state index contributed by atoms with van der Waals surface area (Å²) in [4.78, 5) is 14.7. The number of benzene rings is 2. The number of hydrogen-bond donors (Lipinski definition) is 1. The van der Waals surface area contributed by atoms with E-state index in [4.69, 9.17) is 0 Å². The molecule has 1 amide bonds. The van der Waals surface area contributed by atoms with Gasteiger partial charge in [-0.05, 0) is 42.5 Å². The highest BCUT2D eigenvalue weighted by Crippen LogP contribution is 2.14. The third-order valence-electron chi connectivity index (χ3n) is 5.08. The van der Waals surface area contributed by atoms with Crippen molar-refractivity contribution in [3.05, 3.63) is 83.2 Å². The summed E-state index contributed by atoms with van der Waals surface area (Å²) < 4.78 is 1.93. The number of carbonyl (C=O) groups excluding carboxylic acids is 1. The topological polar surface area (TPSA) is 50.2 Å². The molecule has 0 saturated carbocycles. The summed E-state index contributed by atoms with van der Waals surface area (Å²) in [5.74, 6) is -0.0379. The molecule has 2 aromatic carbocycles. The second-order valence-corrected chi connectivity index (χ2v) is 7.42. The lowest BCUT2D eigenvalue weighted by atomic mass is 10.1. The van der Waals surface area contributed by atoms with Crippen molar-refractivity contribution >= 4 is 11.6 Å². The summed E-state index contributed by atoms with van der Waals surface area (Å²) in [5, 5.41) is 7.50. The van der Waals surface area contributed by atoms with Gasteiger partial charge in [-0.25, -0.2) is 0 Å². The van der Waals surface area contributed by atoms with E-state index < -0.39 is 0 Å². The molecule has 0 aliphatic heterocycles. The highest BCUT2D eigenvalue weighted by Gasteiger charge is 2.16. The maximum atomic E-state index is 12.7. The Morgan fingerprint density at radius 1 is 1.03 bits per heavy atom. The van der Waals surface area contributed by atoms with Gasteiger partial charge in [-0.3, -0.25) is 9.48 Å². The first kappa shape index (κ1) is 20.6. The van der Waals surface area contributed by atoms with Gasteiger partial charge in [0.15, 0.2) is 0 Å². The van der Waals surface area contributed by atoms with E-state index in [1.165, 1.54) is 16.8 Å². The van der Waals surface area contributed by atoms with E-state index in [0.29, 0.717) is 18.7 Å². The van der Waals surface area contributed by atoms with Crippen LogP contribution < -0.4 is 10.2 Å². The van der Waals surface area contributed by atoms with Gasteiger partial charge in [0, 0.05) is 26.3 Å². The average molecular weight is 391 g/mol. The summed E-state index contributed by atoms with van der Waals surface area (Å²) in [6, 6.07) is 18.8. The number of aryl methyl sites for hydroxylation is 1. The Labute approximate surface area is 173 Å². The summed E-state index contributed by atoms with van der Waals surface area (Å²) in [6.07, 6.45) is 4.32. The van der Waals surface area contributed by atoms with E-state index in [0.717, 1.165) is 25.0 Å². The van der Waals surface area contributed by atoms with E-state index in [-0.39, 0.29) is 5.91 Å². The zero-order valence-corrected chi connectivity index (χ0v) is 17.6. The Hall–Kier alpha value is -3.08. The third-order valence-corrected chi connectivity index (χ3v) is 5.08. The van der Waals surface area contributed by atoms with Gasteiger partial charge in [-0.2, -0.15) is 5.10 Å². The van der Waals surface area contributed by atoms with Gasteiger partial charge in [0.2, 0.25) is 0 Å². The van der Waals surface area contributed by atoms with E-state index >= 15 is 0 Å². The first-order chi connectivity index (χ1) is 14.1. The lowest BCUT2D eigenvalue weighted by Gasteiger charge is -2.12. The number of carbonyl (C=O) groups is 1. The van der Waals surface area contributed by atoms with Crippen molar-refractivity contribution in [2.75, 3.05) is 25.5 Å². The van der Waals surface area contributed by atoms with Gasteiger partial charge in [0.05, 0.1) is 24.0 Å². The standard InChI is InChI=1S/C24H30N4O/c1-4-23-22(17-26-28(23)18-20-9-6-5-7-10-20)24(29)25-16-8-11-19-12-14-21(15-13-19)27(2)3/h5-7,9-10,12-15,17H,4,8,11,16,18H2,1-3H3,(H,25,29). The fourth-order valence-corrected chi connectivity index (χ4v) is 3.42. The van der Waals surface area contributed by atoms with Gasteiger partial charge >= 0.3 is 0 Å². The largest absolute Gasteiger partial charge is 0.378 e. The molecule has 0 radical (unpaired) electrons. The third kappa shape index (κ3) is 5.47. The van der Waals surface area contributed by atoms with Crippen molar-refractivity contribution in [3.8, 4) is 0 Å². The molecule has 0 aliphatic rings. The lowest BCUT2D eigenvalue weighted by Crippen LogP contribution is -2.25. The molecule has 1 N–H and O–H groups in total. The van der Waals surface area contributed by atoms with Gasteiger partial charge in [0.1, 0.15) is 0 Å². The predicted molar refractivity (Wildman–Crippen MR) is 119 cm³/mol. The highest BCUT2D eigenvalue weighted by molar-refractivity contribution is 5.95. The molecule has 0 unspecified atom stereocenters. The smallest absolute Gasteiger partial charge is 0.254 e. The second kappa shape index (κ2) is 9.92. The number of nitrogens with zero attached hydrogens (tertiary/aromatic N) is 3. The first-order valence-corrected chi connectivity index (χ1v) is 10.2. The number of nitrogens with one attached hydrogen (secondary N) is 1. The molecular weight excluding hydrogens is 360 g/mol. The molecule has 0 fully saturated rings. The lowest BCUT2D eigenvalue weighted by molar-refractivity contribution is 0.0952. The fourth-order valence-electron chi connectivity index (χ4n) is 3.42. The summed E-state index contributed by atoms with van der Waals surface area (Å²) in [7, 11) is 4.08. The van der Waals surface area contributed by atoms with Crippen molar-refractivity contribution in [3.63, 3.8) is 0 Å². The van der Waals surface area contributed by atoms with Gasteiger partial charge in [-0.15, -0.1) is 0 Å². The monoisotopic (exact) mass is 390 g/mol. The minimum atomic E-state index is -0.0379. The normalized spacial score (nSPS) is 10.7. The molecule has 0 spiro atoms. The first-order valence-electron chi connectivity index (χ1n) is 10.2. The Morgan fingerprint density at radius 3 is 2.41 bits per heavy atom. The van der Waals surface area contributed by atoms with Crippen LogP contribution in [0.4, 0.5) is 5.69 Å². The molecule has 29 heavy (non-hydrogen) atoms. The number of anilines is 1. The van der Waals surface area contributed by atoms with Crippen molar-refractivity contribution in [1.29, 1.82) is 0 Å². The van der Waals surface area contributed by atoms with E-state index in [1.54, 1.807) is 6.20 Å². The van der Waals surface area contributed by atoms with Crippen LogP contribution in [-0.4, -0.2) is 36.3 Å². The quantitative estimate of drug-likeness (QED) is 0.564. The predicted octanol–water partition coefficient (Wildman–Crippen LogP) is 3.92. The summed E-state index contributed by atoms with van der Waals surface area (Å²) >= 11 is 0. The Kier molecular flexibility index (Phi) is 7.06. The number of aromatic nitrogens is 2. The minimum Gasteiger partial charge on any atom is -0.378 e. The Bertz CT molecular complexity index is 914. The summed E-state index contributed by atoms with van der Waals surface area (Å²) in [6.45, 7) is 3.40. The van der Waals surface area contributed by atoms with Crippen LogP contribution in [0.5, 0.6) is 0 Å². The molecule has 0 bridgehead atoms. The van der Waals surface area contributed by atoms with Crippen molar-refractivity contribution in [2.45, 2.75) is 32.7 Å². The molecule has 0 atom stereocenters. The molecule has 0 saturated heterocycles. The van der Waals surface area contributed by atoms with Crippen LogP contribution >= 0.6 is 0 Å². The van der Waals surface area contributed by atoms with E-state index in [9.17, 15) is 4.79 Å². The molecule has 0 aliphatic carbocycles. The van der Waals surface area contributed by atoms with E-state index in [2.05, 4.69) is 58.6 Å². The molecule has 5 nitrogen and oxygen atoms in total. The van der Waals surface area contributed by atoms with Crippen molar-refractivity contribution in [2.24, 2.45) is 0 Å². The van der Waals surface area contributed by atoms with Crippen LogP contribution in [0.25, 0.3) is 0 Å². The molecule has 5 heteroatoms. The van der Waals surface area contributed by atoms with Gasteiger partial charge in [-0.1, -0.05) is 49.4 Å².